The molecule has 162 valence electrons. The van der Waals surface area contributed by atoms with E-state index in [2.05, 4.69) is 24.5 Å². The summed E-state index contributed by atoms with van der Waals surface area (Å²) in [5.41, 5.74) is 0.0438. The third kappa shape index (κ3) is 4.73. The lowest BCUT2D eigenvalue weighted by Gasteiger charge is -2.40. The first-order valence-electron chi connectivity index (χ1n) is 10.4. The SMILES string of the molecule is COC[C@@H]1[C@@H](C)NCC[C@H]1C(=O)N[C@H](c1c(F)ccc(Cl)c1Cl)C1(C)CCCC1. The number of hydrogen-bond acceptors (Lipinski definition) is 3. The maximum Gasteiger partial charge on any atom is 0.224 e. The summed E-state index contributed by atoms with van der Waals surface area (Å²) in [5.74, 6) is -0.621. The average molecular weight is 445 g/mol. The summed E-state index contributed by atoms with van der Waals surface area (Å²) >= 11 is 12.7. The maximum atomic E-state index is 14.9. The smallest absolute Gasteiger partial charge is 0.224 e. The van der Waals surface area contributed by atoms with Gasteiger partial charge in [-0.25, -0.2) is 4.39 Å². The van der Waals surface area contributed by atoms with E-state index in [1.807, 2.05) is 0 Å². The van der Waals surface area contributed by atoms with Crippen molar-refractivity contribution >= 4 is 29.1 Å². The van der Waals surface area contributed by atoms with E-state index in [9.17, 15) is 9.18 Å². The van der Waals surface area contributed by atoms with Crippen LogP contribution in [-0.2, 0) is 9.53 Å². The first-order valence-corrected chi connectivity index (χ1v) is 11.2. The van der Waals surface area contributed by atoms with Gasteiger partial charge in [-0.05, 0) is 50.3 Å². The Morgan fingerprint density at radius 3 is 2.72 bits per heavy atom. The second kappa shape index (κ2) is 9.51. The number of benzene rings is 1. The Bertz CT molecular complexity index is 740. The van der Waals surface area contributed by atoms with E-state index in [-0.39, 0.29) is 34.2 Å². The number of carbonyl (C=O) groups excluding carboxylic acids is 1. The van der Waals surface area contributed by atoms with Crippen LogP contribution in [0.15, 0.2) is 12.1 Å². The van der Waals surface area contributed by atoms with Gasteiger partial charge in [0.25, 0.3) is 0 Å². The van der Waals surface area contributed by atoms with Gasteiger partial charge in [0.2, 0.25) is 5.91 Å². The van der Waals surface area contributed by atoms with E-state index in [4.69, 9.17) is 27.9 Å². The zero-order valence-electron chi connectivity index (χ0n) is 17.4. The third-order valence-corrected chi connectivity index (χ3v) is 7.69. The number of rotatable bonds is 6. The molecule has 2 fully saturated rings. The van der Waals surface area contributed by atoms with Gasteiger partial charge in [0.15, 0.2) is 0 Å². The highest BCUT2D eigenvalue weighted by Crippen LogP contribution is 2.50. The van der Waals surface area contributed by atoms with Crippen LogP contribution in [-0.4, -0.2) is 32.2 Å². The van der Waals surface area contributed by atoms with Crippen LogP contribution in [0.5, 0.6) is 0 Å². The third-order valence-electron chi connectivity index (χ3n) is 6.87. The van der Waals surface area contributed by atoms with Crippen molar-refractivity contribution in [3.8, 4) is 0 Å². The predicted octanol–water partition coefficient (Wildman–Crippen LogP) is 5.13. The van der Waals surface area contributed by atoms with Crippen LogP contribution >= 0.6 is 23.2 Å². The molecule has 4 nitrogen and oxygen atoms in total. The Labute approximate surface area is 182 Å². The molecule has 1 aromatic rings. The molecule has 2 aliphatic rings. The van der Waals surface area contributed by atoms with E-state index in [0.717, 1.165) is 38.6 Å². The van der Waals surface area contributed by atoms with Gasteiger partial charge in [0.1, 0.15) is 5.82 Å². The zero-order chi connectivity index (χ0) is 21.2. The normalized spacial score (nSPS) is 27.6. The van der Waals surface area contributed by atoms with Gasteiger partial charge in [-0.1, -0.05) is 43.0 Å². The fraction of sp³-hybridized carbons (Fsp3) is 0.682. The second-order valence-corrected chi connectivity index (χ2v) is 9.60. The largest absolute Gasteiger partial charge is 0.384 e. The Balaban J connectivity index is 1.94. The molecule has 1 aliphatic carbocycles. The molecule has 4 atom stereocenters. The van der Waals surface area contributed by atoms with E-state index >= 15 is 0 Å². The molecule has 0 bridgehead atoms. The molecule has 1 saturated carbocycles. The van der Waals surface area contributed by atoms with Crippen LogP contribution in [0.25, 0.3) is 0 Å². The van der Waals surface area contributed by atoms with Crippen LogP contribution in [0.4, 0.5) is 4.39 Å². The number of hydrogen-bond donors (Lipinski definition) is 2. The summed E-state index contributed by atoms with van der Waals surface area (Å²) < 4.78 is 20.3. The molecule has 29 heavy (non-hydrogen) atoms. The molecule has 0 radical (unpaired) electrons. The van der Waals surface area contributed by atoms with Crippen LogP contribution in [0.3, 0.4) is 0 Å². The quantitative estimate of drug-likeness (QED) is 0.597. The van der Waals surface area contributed by atoms with Crippen LogP contribution in [0.2, 0.25) is 10.0 Å². The van der Waals surface area contributed by atoms with E-state index < -0.39 is 11.9 Å². The van der Waals surface area contributed by atoms with Crippen molar-refractivity contribution in [1.29, 1.82) is 0 Å². The Morgan fingerprint density at radius 2 is 2.07 bits per heavy atom. The Kier molecular flexibility index (Phi) is 7.47. The molecule has 7 heteroatoms. The van der Waals surface area contributed by atoms with Crippen molar-refractivity contribution < 1.29 is 13.9 Å². The number of ether oxygens (including phenoxy) is 1. The average Bonchev–Trinajstić information content (AvgIpc) is 3.13. The van der Waals surface area contributed by atoms with Gasteiger partial charge in [0.05, 0.1) is 22.7 Å². The lowest BCUT2D eigenvalue weighted by Crippen LogP contribution is -2.52. The number of halogens is 3. The fourth-order valence-corrected chi connectivity index (χ4v) is 5.51. The molecule has 0 spiro atoms. The molecule has 1 saturated heterocycles. The van der Waals surface area contributed by atoms with E-state index in [0.29, 0.717) is 17.2 Å². The predicted molar refractivity (Wildman–Crippen MR) is 115 cm³/mol. The first kappa shape index (κ1) is 22.8. The molecule has 1 heterocycles. The maximum absolute atomic E-state index is 14.9. The summed E-state index contributed by atoms with van der Waals surface area (Å²) in [7, 11) is 1.65. The van der Waals surface area contributed by atoms with Crippen LogP contribution < -0.4 is 10.6 Å². The van der Waals surface area contributed by atoms with Crippen LogP contribution in [0, 0.1) is 23.1 Å². The molecule has 0 unspecified atom stereocenters. The van der Waals surface area contributed by atoms with Crippen molar-refractivity contribution in [3.05, 3.63) is 33.6 Å². The highest BCUT2D eigenvalue weighted by Gasteiger charge is 2.43. The first-order chi connectivity index (χ1) is 13.8. The van der Waals surface area contributed by atoms with Crippen molar-refractivity contribution in [2.75, 3.05) is 20.3 Å². The monoisotopic (exact) mass is 444 g/mol. The van der Waals surface area contributed by atoms with Gasteiger partial charge < -0.3 is 15.4 Å². The molecule has 2 N–H and O–H groups in total. The molecule has 1 amide bonds. The fourth-order valence-electron chi connectivity index (χ4n) is 5.08. The van der Waals surface area contributed by atoms with Gasteiger partial charge in [0, 0.05) is 30.6 Å². The summed E-state index contributed by atoms with van der Waals surface area (Å²) in [6, 6.07) is 2.45. The number of amides is 1. The van der Waals surface area contributed by atoms with Crippen molar-refractivity contribution in [2.45, 2.75) is 58.0 Å². The summed E-state index contributed by atoms with van der Waals surface area (Å²) in [6.07, 6.45) is 4.65. The van der Waals surface area contributed by atoms with Gasteiger partial charge in [-0.15, -0.1) is 0 Å². The van der Waals surface area contributed by atoms with Crippen molar-refractivity contribution in [1.82, 2.24) is 10.6 Å². The topological polar surface area (TPSA) is 50.4 Å². The molecule has 0 aromatic heterocycles. The van der Waals surface area contributed by atoms with Gasteiger partial charge in [-0.2, -0.15) is 0 Å². The minimum Gasteiger partial charge on any atom is -0.384 e. The van der Waals surface area contributed by atoms with Gasteiger partial charge >= 0.3 is 0 Å². The lowest BCUT2D eigenvalue weighted by molar-refractivity contribution is -0.131. The second-order valence-electron chi connectivity index (χ2n) is 8.82. The highest BCUT2D eigenvalue weighted by atomic mass is 35.5. The van der Waals surface area contributed by atoms with E-state index in [1.54, 1.807) is 7.11 Å². The standard InChI is InChI=1S/C22H31Cl2FN2O2/c1-13-15(12-29-3)14(8-11-26-13)21(28)27-20(22(2)9-4-5-10-22)18-17(25)7-6-16(23)19(18)24/h6-7,13-15,20,26H,4-5,8-12H2,1-3H3,(H,27,28)/t13-,14-,15-,20-/m1/s1. The minimum atomic E-state index is -0.517. The lowest BCUT2D eigenvalue weighted by atomic mass is 9.75. The van der Waals surface area contributed by atoms with Crippen molar-refractivity contribution in [3.63, 3.8) is 0 Å². The summed E-state index contributed by atoms with van der Waals surface area (Å²) in [5, 5.41) is 7.11. The van der Waals surface area contributed by atoms with Gasteiger partial charge in [-0.3, -0.25) is 4.79 Å². The Morgan fingerprint density at radius 1 is 1.38 bits per heavy atom. The molecular weight excluding hydrogens is 414 g/mol. The highest BCUT2D eigenvalue weighted by molar-refractivity contribution is 6.42. The molecular formula is C22H31Cl2FN2O2. The number of nitrogens with one attached hydrogen (secondary N) is 2. The zero-order valence-corrected chi connectivity index (χ0v) is 18.9. The summed E-state index contributed by atoms with van der Waals surface area (Å²) in [6.45, 7) is 5.46. The molecule has 1 aliphatic heterocycles. The van der Waals surface area contributed by atoms with Crippen LogP contribution in [0.1, 0.15) is 57.6 Å². The molecule has 3 rings (SSSR count). The number of methoxy groups -OCH3 is 1. The van der Waals surface area contributed by atoms with Crippen molar-refractivity contribution in [2.24, 2.45) is 17.3 Å². The number of carbonyl (C=O) groups is 1. The molecule has 1 aromatic carbocycles. The Hall–Kier alpha value is -0.880. The number of piperidine rings is 1. The summed E-state index contributed by atoms with van der Waals surface area (Å²) in [4.78, 5) is 13.4. The minimum absolute atomic E-state index is 0.0606. The van der Waals surface area contributed by atoms with E-state index in [1.165, 1.54) is 12.1 Å².